The minimum Gasteiger partial charge on any atom is -0.330 e. The molecule has 0 aromatic carbocycles. The topological polar surface area (TPSA) is 41.3 Å². The Labute approximate surface area is 68.9 Å². The van der Waals surface area contributed by atoms with Crippen molar-refractivity contribution in [1.29, 1.82) is 0 Å². The molecule has 11 heavy (non-hydrogen) atoms. The Morgan fingerprint density at radius 2 is 2.45 bits per heavy atom. The zero-order chi connectivity index (χ0) is 8.10. The molecule has 0 spiro atoms. The quantitative estimate of drug-likeness (QED) is 0.587. The number of nitrogens with one attached hydrogen (secondary N) is 1. The SMILES string of the molecule is C[C@@H]1CNCCN1CCCN. The summed E-state index contributed by atoms with van der Waals surface area (Å²) < 4.78 is 0. The van der Waals surface area contributed by atoms with Crippen LogP contribution in [0.3, 0.4) is 0 Å². The van der Waals surface area contributed by atoms with E-state index in [0.29, 0.717) is 6.04 Å². The maximum absolute atomic E-state index is 5.45. The van der Waals surface area contributed by atoms with E-state index in [1.165, 1.54) is 13.1 Å². The van der Waals surface area contributed by atoms with Gasteiger partial charge in [-0.15, -0.1) is 0 Å². The molecular weight excluding hydrogens is 138 g/mol. The minimum atomic E-state index is 0.690. The normalized spacial score (nSPS) is 27.3. The lowest BCUT2D eigenvalue weighted by Gasteiger charge is -2.33. The molecule has 1 atom stereocenters. The lowest BCUT2D eigenvalue weighted by Crippen LogP contribution is -2.50. The summed E-state index contributed by atoms with van der Waals surface area (Å²) in [7, 11) is 0. The third-order valence-electron chi connectivity index (χ3n) is 2.29. The molecule has 0 aliphatic carbocycles. The van der Waals surface area contributed by atoms with Crippen LogP contribution in [-0.2, 0) is 0 Å². The highest BCUT2D eigenvalue weighted by Gasteiger charge is 2.15. The Balaban J connectivity index is 2.18. The van der Waals surface area contributed by atoms with Crippen molar-refractivity contribution in [3.8, 4) is 0 Å². The first kappa shape index (κ1) is 8.97. The lowest BCUT2D eigenvalue weighted by atomic mass is 10.2. The summed E-state index contributed by atoms with van der Waals surface area (Å²) in [6, 6.07) is 0.690. The van der Waals surface area contributed by atoms with Crippen LogP contribution >= 0.6 is 0 Å². The van der Waals surface area contributed by atoms with Gasteiger partial charge in [-0.1, -0.05) is 0 Å². The van der Waals surface area contributed by atoms with Crippen molar-refractivity contribution in [3.63, 3.8) is 0 Å². The molecule has 3 nitrogen and oxygen atoms in total. The first-order chi connectivity index (χ1) is 5.34. The first-order valence-electron chi connectivity index (χ1n) is 4.49. The zero-order valence-corrected chi connectivity index (χ0v) is 7.34. The molecule has 0 aromatic rings. The largest absolute Gasteiger partial charge is 0.330 e. The van der Waals surface area contributed by atoms with E-state index in [1.807, 2.05) is 0 Å². The van der Waals surface area contributed by atoms with Crippen LogP contribution in [0, 0.1) is 0 Å². The molecule has 0 aromatic heterocycles. The van der Waals surface area contributed by atoms with Crippen molar-refractivity contribution >= 4 is 0 Å². The molecular formula is C8H19N3. The second kappa shape index (κ2) is 4.70. The van der Waals surface area contributed by atoms with Crippen molar-refractivity contribution in [3.05, 3.63) is 0 Å². The van der Waals surface area contributed by atoms with Crippen molar-refractivity contribution < 1.29 is 0 Å². The summed E-state index contributed by atoms with van der Waals surface area (Å²) in [5.74, 6) is 0. The standard InChI is InChI=1S/C8H19N3/c1-8-7-10-4-6-11(8)5-2-3-9/h8,10H,2-7,9H2,1H3/t8-/m1/s1. The van der Waals surface area contributed by atoms with Gasteiger partial charge >= 0.3 is 0 Å². The molecule has 1 saturated heterocycles. The van der Waals surface area contributed by atoms with Crippen LogP contribution in [0.25, 0.3) is 0 Å². The average molecular weight is 157 g/mol. The Bertz CT molecular complexity index is 106. The Hall–Kier alpha value is -0.120. The maximum atomic E-state index is 5.45. The molecule has 1 fully saturated rings. The summed E-state index contributed by atoms with van der Waals surface area (Å²) in [6.45, 7) is 7.69. The fraction of sp³-hybridized carbons (Fsp3) is 1.00. The van der Waals surface area contributed by atoms with E-state index in [-0.39, 0.29) is 0 Å². The van der Waals surface area contributed by atoms with Gasteiger partial charge in [0.25, 0.3) is 0 Å². The number of piperazine rings is 1. The van der Waals surface area contributed by atoms with Gasteiger partial charge in [0.1, 0.15) is 0 Å². The molecule has 0 unspecified atom stereocenters. The van der Waals surface area contributed by atoms with Crippen molar-refractivity contribution in [2.45, 2.75) is 19.4 Å². The molecule has 1 heterocycles. The molecule has 3 N–H and O–H groups in total. The van der Waals surface area contributed by atoms with E-state index in [0.717, 1.165) is 26.1 Å². The van der Waals surface area contributed by atoms with Crippen LogP contribution in [0.5, 0.6) is 0 Å². The van der Waals surface area contributed by atoms with Gasteiger partial charge < -0.3 is 11.1 Å². The van der Waals surface area contributed by atoms with E-state index in [9.17, 15) is 0 Å². The summed E-state index contributed by atoms with van der Waals surface area (Å²) in [4.78, 5) is 2.50. The van der Waals surface area contributed by atoms with E-state index >= 15 is 0 Å². The van der Waals surface area contributed by atoms with E-state index in [2.05, 4.69) is 17.1 Å². The second-order valence-electron chi connectivity index (χ2n) is 3.23. The predicted octanol–water partition coefficient (Wildman–Crippen LogP) is -0.371. The second-order valence-corrected chi connectivity index (χ2v) is 3.23. The number of nitrogens with two attached hydrogens (primary N) is 1. The van der Waals surface area contributed by atoms with Crippen LogP contribution in [-0.4, -0.2) is 43.7 Å². The van der Waals surface area contributed by atoms with Crippen LogP contribution in [0.2, 0.25) is 0 Å². The smallest absolute Gasteiger partial charge is 0.0192 e. The zero-order valence-electron chi connectivity index (χ0n) is 7.34. The van der Waals surface area contributed by atoms with Crippen LogP contribution in [0.1, 0.15) is 13.3 Å². The van der Waals surface area contributed by atoms with Crippen molar-refractivity contribution in [2.75, 3.05) is 32.7 Å². The number of nitrogens with zero attached hydrogens (tertiary/aromatic N) is 1. The summed E-state index contributed by atoms with van der Waals surface area (Å²) >= 11 is 0. The maximum Gasteiger partial charge on any atom is 0.0192 e. The molecule has 66 valence electrons. The summed E-state index contributed by atoms with van der Waals surface area (Å²) in [6.07, 6.45) is 1.13. The molecule has 0 saturated carbocycles. The van der Waals surface area contributed by atoms with Gasteiger partial charge in [0.2, 0.25) is 0 Å². The Kier molecular flexibility index (Phi) is 3.83. The van der Waals surface area contributed by atoms with E-state index in [1.54, 1.807) is 0 Å². The first-order valence-corrected chi connectivity index (χ1v) is 4.49. The minimum absolute atomic E-state index is 0.690. The van der Waals surface area contributed by atoms with Crippen molar-refractivity contribution in [2.24, 2.45) is 5.73 Å². The highest BCUT2D eigenvalue weighted by Crippen LogP contribution is 2.01. The number of hydrogen-bond donors (Lipinski definition) is 2. The van der Waals surface area contributed by atoms with Crippen molar-refractivity contribution in [1.82, 2.24) is 10.2 Å². The molecule has 0 radical (unpaired) electrons. The van der Waals surface area contributed by atoms with E-state index in [4.69, 9.17) is 5.73 Å². The van der Waals surface area contributed by atoms with Gasteiger partial charge in [-0.05, 0) is 26.4 Å². The van der Waals surface area contributed by atoms with Gasteiger partial charge in [0.15, 0.2) is 0 Å². The molecule has 0 amide bonds. The number of rotatable bonds is 3. The molecule has 1 rings (SSSR count). The van der Waals surface area contributed by atoms with E-state index < -0.39 is 0 Å². The highest BCUT2D eigenvalue weighted by molar-refractivity contribution is 4.75. The van der Waals surface area contributed by atoms with Gasteiger partial charge in [0.05, 0.1) is 0 Å². The van der Waals surface area contributed by atoms with Crippen LogP contribution in [0.15, 0.2) is 0 Å². The fourth-order valence-corrected chi connectivity index (χ4v) is 1.51. The molecule has 0 bridgehead atoms. The molecule has 1 aliphatic rings. The van der Waals surface area contributed by atoms with Crippen LogP contribution < -0.4 is 11.1 Å². The van der Waals surface area contributed by atoms with Gasteiger partial charge in [-0.25, -0.2) is 0 Å². The number of hydrogen-bond acceptors (Lipinski definition) is 3. The fourth-order valence-electron chi connectivity index (χ4n) is 1.51. The summed E-state index contributed by atoms with van der Waals surface area (Å²) in [5, 5.41) is 3.37. The van der Waals surface area contributed by atoms with Gasteiger partial charge in [-0.3, -0.25) is 4.90 Å². The highest BCUT2D eigenvalue weighted by atomic mass is 15.2. The van der Waals surface area contributed by atoms with Gasteiger partial charge in [0, 0.05) is 25.7 Å². The van der Waals surface area contributed by atoms with Gasteiger partial charge in [-0.2, -0.15) is 0 Å². The Morgan fingerprint density at radius 3 is 3.09 bits per heavy atom. The third-order valence-corrected chi connectivity index (χ3v) is 2.29. The molecule has 3 heteroatoms. The monoisotopic (exact) mass is 157 g/mol. The average Bonchev–Trinajstić information content (AvgIpc) is 2.03. The summed E-state index contributed by atoms with van der Waals surface area (Å²) in [5.41, 5.74) is 5.45. The predicted molar refractivity (Wildman–Crippen MR) is 47.6 cm³/mol. The Morgan fingerprint density at radius 1 is 1.64 bits per heavy atom. The lowest BCUT2D eigenvalue weighted by molar-refractivity contribution is 0.173. The third kappa shape index (κ3) is 2.77. The van der Waals surface area contributed by atoms with Crippen LogP contribution in [0.4, 0.5) is 0 Å². The molecule has 1 aliphatic heterocycles.